The molecule has 0 N–H and O–H groups in total. The minimum absolute atomic E-state index is 0. The number of amides is 2. The second kappa shape index (κ2) is 18.7. The summed E-state index contributed by atoms with van der Waals surface area (Å²) in [6.07, 6.45) is 8.56. The lowest BCUT2D eigenvalue weighted by Gasteiger charge is -2.12. The van der Waals surface area contributed by atoms with E-state index in [0.29, 0.717) is 6.04 Å². The molecule has 8 rings (SSSR count). The predicted octanol–water partition coefficient (Wildman–Crippen LogP) is 7.91. The molecule has 0 bridgehead atoms. The van der Waals surface area contributed by atoms with Crippen LogP contribution in [0.4, 0.5) is 10.5 Å². The van der Waals surface area contributed by atoms with E-state index in [0.717, 1.165) is 19.1 Å². The van der Waals surface area contributed by atoms with Gasteiger partial charge in [0, 0.05) is 70.8 Å². The van der Waals surface area contributed by atoms with Gasteiger partial charge >= 0.3 is 6.03 Å². The van der Waals surface area contributed by atoms with Crippen LogP contribution < -0.4 is 4.90 Å². The number of urea groups is 1. The molecule has 2 atom stereocenters. The largest absolute Gasteiger partial charge is 0.374 e. The van der Waals surface area contributed by atoms with E-state index in [9.17, 15) is 4.79 Å². The molecule has 7 nitrogen and oxygen atoms in total. The van der Waals surface area contributed by atoms with Gasteiger partial charge < -0.3 is 19.3 Å². The lowest BCUT2D eigenvalue weighted by Crippen LogP contribution is -2.29. The van der Waals surface area contributed by atoms with Gasteiger partial charge in [-0.3, -0.25) is 9.80 Å². The van der Waals surface area contributed by atoms with E-state index < -0.39 is 0 Å². The van der Waals surface area contributed by atoms with Crippen LogP contribution in [0.2, 0.25) is 0 Å². The number of carbonyl (C=O) groups is 1. The Morgan fingerprint density at radius 1 is 0.682 bits per heavy atom. The summed E-state index contributed by atoms with van der Waals surface area (Å²) < 4.78 is 2.12. The minimum Gasteiger partial charge on any atom is -0.374 e. The van der Waals surface area contributed by atoms with Crippen molar-refractivity contribution in [2.24, 2.45) is 7.05 Å². The second-order valence-electron chi connectivity index (χ2n) is 11.7. The van der Waals surface area contributed by atoms with E-state index in [-0.39, 0.29) is 43.2 Å². The second-order valence-corrected chi connectivity index (χ2v) is 11.7. The zero-order valence-electron chi connectivity index (χ0n) is 24.3. The van der Waals surface area contributed by atoms with Gasteiger partial charge in [-0.2, -0.15) is 0 Å². The average molecular weight is 611 g/mol. The number of fused-ring (bicyclic) bond motifs is 4. The number of para-hydroxylation sites is 2. The van der Waals surface area contributed by atoms with Crippen LogP contribution in [0.15, 0.2) is 60.8 Å². The molecule has 2 unspecified atom stereocenters. The van der Waals surface area contributed by atoms with Crippen LogP contribution in [0, 0.1) is 0 Å². The first-order chi connectivity index (χ1) is 18.9. The Balaban J connectivity index is 0.000000540. The van der Waals surface area contributed by atoms with Gasteiger partial charge in [-0.15, -0.1) is 0 Å². The van der Waals surface area contributed by atoms with E-state index >= 15 is 0 Å². The molecule has 2 aromatic carbocycles. The van der Waals surface area contributed by atoms with Crippen LogP contribution in [0.5, 0.6) is 0 Å². The van der Waals surface area contributed by atoms with E-state index in [1.807, 2.05) is 16.8 Å². The number of aromatic nitrogens is 1. The third-order valence-corrected chi connectivity index (χ3v) is 8.79. The monoisotopic (exact) mass is 611 g/mol. The molecule has 4 saturated heterocycles. The lowest BCUT2D eigenvalue weighted by atomic mass is 10.2. The van der Waals surface area contributed by atoms with Gasteiger partial charge in [0.05, 0.1) is 12.7 Å². The summed E-state index contributed by atoms with van der Waals surface area (Å²) in [6.45, 7) is 6.96. The number of benzene rings is 2. The highest BCUT2D eigenvalue weighted by Gasteiger charge is 2.37. The average Bonchev–Trinajstić information content (AvgIpc) is 3.78. The molecule has 6 heterocycles. The highest BCUT2D eigenvalue weighted by Crippen LogP contribution is 2.26. The number of hydrogen-bond donors (Lipinski definition) is 0. The first kappa shape index (κ1) is 41.0. The van der Waals surface area contributed by atoms with Crippen molar-refractivity contribution >= 4 is 22.6 Å². The molecule has 250 valence electrons. The molecule has 0 aliphatic carbocycles. The van der Waals surface area contributed by atoms with Crippen LogP contribution in [-0.4, -0.2) is 103 Å². The molecule has 0 spiro atoms. The summed E-state index contributed by atoms with van der Waals surface area (Å²) in [5.74, 6) is 0. The third-order valence-electron chi connectivity index (χ3n) is 8.79. The number of likely N-dealkylation sites (N-methyl/N-ethyl adjacent to an activating group) is 3. The number of rotatable bonds is 0. The summed E-state index contributed by atoms with van der Waals surface area (Å²) >= 11 is 0. The molecule has 7 heteroatoms. The Bertz CT molecular complexity index is 1230. The molecule has 5 aliphatic rings. The van der Waals surface area contributed by atoms with Crippen molar-refractivity contribution in [3.63, 3.8) is 0 Å². The lowest BCUT2D eigenvalue weighted by molar-refractivity contribution is 0.199. The van der Waals surface area contributed by atoms with Crippen LogP contribution in [0.1, 0.15) is 68.4 Å². The zero-order chi connectivity index (χ0) is 27.4. The number of carbonyl (C=O) groups excluding carboxylic acids is 1. The van der Waals surface area contributed by atoms with Crippen LogP contribution in [0.3, 0.4) is 0 Å². The molecule has 44 heavy (non-hydrogen) atoms. The Labute approximate surface area is 271 Å². The molecule has 3 aromatic rings. The molecular weight excluding hydrogens is 544 g/mol. The topological polar surface area (TPSA) is 38.2 Å². The minimum atomic E-state index is 0. The molecule has 5 aliphatic heterocycles. The highest BCUT2D eigenvalue weighted by molar-refractivity contribution is 5.79. The van der Waals surface area contributed by atoms with Crippen molar-refractivity contribution in [2.45, 2.75) is 81.3 Å². The SMILES string of the molecule is C.C.C.C.C.CN1CC2CCCN2C1.CN1CC2CCCN2C1=O.CN1CCc2ccccc21.Cn1ccc2ccccc21. The van der Waals surface area contributed by atoms with Gasteiger partial charge in [0.2, 0.25) is 0 Å². The van der Waals surface area contributed by atoms with Crippen LogP contribution >= 0.6 is 0 Å². The fourth-order valence-corrected chi connectivity index (χ4v) is 6.63. The summed E-state index contributed by atoms with van der Waals surface area (Å²) in [6, 6.07) is 20.7. The number of aryl methyl sites for hydroxylation is 1. The Kier molecular flexibility index (Phi) is 17.4. The number of anilines is 1. The van der Waals surface area contributed by atoms with Crippen molar-refractivity contribution in [3.8, 4) is 0 Å². The molecular formula is C37H66N6O. The van der Waals surface area contributed by atoms with E-state index in [1.165, 1.54) is 80.6 Å². The van der Waals surface area contributed by atoms with E-state index in [2.05, 4.69) is 101 Å². The highest BCUT2D eigenvalue weighted by atomic mass is 16.2. The Morgan fingerprint density at radius 2 is 1.34 bits per heavy atom. The van der Waals surface area contributed by atoms with Gasteiger partial charge in [0.25, 0.3) is 0 Å². The summed E-state index contributed by atoms with van der Waals surface area (Å²) in [5, 5.41) is 1.31. The Hall–Kier alpha value is -3.03. The fraction of sp³-hybridized carbons (Fsp3) is 0.595. The first-order valence-corrected chi connectivity index (χ1v) is 14.6. The predicted molar refractivity (Wildman–Crippen MR) is 195 cm³/mol. The summed E-state index contributed by atoms with van der Waals surface area (Å²) in [4.78, 5) is 22.3. The summed E-state index contributed by atoms with van der Waals surface area (Å²) in [7, 11) is 8.28. The Morgan fingerprint density at radius 3 is 2.02 bits per heavy atom. The maximum absolute atomic E-state index is 11.2. The van der Waals surface area contributed by atoms with E-state index in [4.69, 9.17) is 0 Å². The van der Waals surface area contributed by atoms with Crippen LogP contribution in [0.25, 0.3) is 10.9 Å². The maximum atomic E-state index is 11.2. The number of nitrogens with zero attached hydrogens (tertiary/aromatic N) is 6. The van der Waals surface area contributed by atoms with Crippen molar-refractivity contribution in [1.82, 2.24) is 24.2 Å². The maximum Gasteiger partial charge on any atom is 0.320 e. The van der Waals surface area contributed by atoms with Crippen molar-refractivity contribution in [3.05, 3.63) is 66.4 Å². The fourth-order valence-electron chi connectivity index (χ4n) is 6.63. The van der Waals surface area contributed by atoms with Crippen molar-refractivity contribution in [2.75, 3.05) is 65.4 Å². The quantitative estimate of drug-likeness (QED) is 0.259. The normalized spacial score (nSPS) is 20.8. The van der Waals surface area contributed by atoms with E-state index in [1.54, 1.807) is 0 Å². The molecule has 1 aromatic heterocycles. The van der Waals surface area contributed by atoms with Gasteiger partial charge in [-0.05, 0) is 74.8 Å². The van der Waals surface area contributed by atoms with Gasteiger partial charge in [-0.25, -0.2) is 4.79 Å². The molecule has 4 fully saturated rings. The van der Waals surface area contributed by atoms with Gasteiger partial charge in [-0.1, -0.05) is 73.5 Å². The van der Waals surface area contributed by atoms with Gasteiger partial charge in [0.15, 0.2) is 0 Å². The van der Waals surface area contributed by atoms with Crippen LogP contribution in [-0.2, 0) is 13.5 Å². The third kappa shape index (κ3) is 9.48. The number of hydrogen-bond acceptors (Lipinski definition) is 4. The standard InChI is InChI=1S/C9H11N.C9H9N.C7H12N2O.C7H14N2.5CH4/c2*1-10-7-6-8-4-2-3-5-9(8)10;1-8-5-6-3-2-4-9(6)7(8)10;1-8-5-7-3-2-4-9(7)6-8;;;;;/h2-5H,6-7H2,1H3;2-7H,1H3;6H,2-5H2,1H3;7H,2-6H2,1H3;5*1H4. The van der Waals surface area contributed by atoms with Gasteiger partial charge in [0.1, 0.15) is 0 Å². The molecule has 0 saturated carbocycles. The van der Waals surface area contributed by atoms with Crippen molar-refractivity contribution in [1.29, 1.82) is 0 Å². The smallest absolute Gasteiger partial charge is 0.320 e. The van der Waals surface area contributed by atoms with Crippen molar-refractivity contribution < 1.29 is 4.79 Å². The zero-order valence-corrected chi connectivity index (χ0v) is 24.3. The molecule has 2 amide bonds. The molecule has 0 radical (unpaired) electrons. The summed E-state index contributed by atoms with van der Waals surface area (Å²) in [5.41, 5.74) is 4.19. The first-order valence-electron chi connectivity index (χ1n) is 14.6.